The van der Waals surface area contributed by atoms with Crippen LogP contribution in [0.2, 0.25) is 0 Å². The number of hydrogen-bond acceptors (Lipinski definition) is 6. The Morgan fingerprint density at radius 3 is 2.76 bits per heavy atom. The van der Waals surface area contributed by atoms with Crippen molar-refractivity contribution >= 4 is 21.8 Å². The molecule has 0 bridgehead atoms. The third kappa shape index (κ3) is 4.12. The Morgan fingerprint density at radius 2 is 2.00 bits per heavy atom. The van der Waals surface area contributed by atoms with Crippen LogP contribution in [-0.4, -0.2) is 41.7 Å². The Kier molecular flexibility index (Phi) is 5.53. The number of halogens is 1. The van der Waals surface area contributed by atoms with Crippen molar-refractivity contribution in [2.45, 2.75) is 18.9 Å². The van der Waals surface area contributed by atoms with E-state index >= 15 is 0 Å². The zero-order valence-corrected chi connectivity index (χ0v) is 17.7. The fourth-order valence-corrected chi connectivity index (χ4v) is 3.83. The fourth-order valence-electron chi connectivity index (χ4n) is 3.44. The molecule has 1 saturated heterocycles. The Labute approximate surface area is 176 Å². The van der Waals surface area contributed by atoms with Crippen LogP contribution in [0.3, 0.4) is 0 Å². The van der Waals surface area contributed by atoms with E-state index in [2.05, 4.69) is 26.1 Å². The molecule has 8 heteroatoms. The van der Waals surface area contributed by atoms with Gasteiger partial charge in [0, 0.05) is 29.5 Å². The van der Waals surface area contributed by atoms with Crippen LogP contribution in [-0.2, 0) is 11.3 Å². The van der Waals surface area contributed by atoms with E-state index in [1.165, 1.54) is 0 Å². The summed E-state index contributed by atoms with van der Waals surface area (Å²) in [7, 11) is 3.19. The third-order valence-electron chi connectivity index (χ3n) is 4.91. The lowest BCUT2D eigenvalue weighted by Gasteiger charge is -2.17. The lowest BCUT2D eigenvalue weighted by Crippen LogP contribution is -2.24. The molecule has 1 fully saturated rings. The van der Waals surface area contributed by atoms with Crippen molar-refractivity contribution in [2.75, 3.05) is 20.8 Å². The number of rotatable bonds is 6. The van der Waals surface area contributed by atoms with Gasteiger partial charge in [0.2, 0.25) is 17.6 Å². The first-order valence-electron chi connectivity index (χ1n) is 9.15. The number of amides is 1. The molecular weight excluding hydrogens is 438 g/mol. The van der Waals surface area contributed by atoms with Crippen molar-refractivity contribution in [2.24, 2.45) is 0 Å². The quantitative estimate of drug-likeness (QED) is 0.555. The summed E-state index contributed by atoms with van der Waals surface area (Å²) in [4.78, 5) is 18.9. The zero-order valence-electron chi connectivity index (χ0n) is 16.1. The zero-order chi connectivity index (χ0) is 20.4. The second-order valence-electron chi connectivity index (χ2n) is 6.83. The van der Waals surface area contributed by atoms with Crippen LogP contribution in [0.25, 0.3) is 11.4 Å². The highest BCUT2D eigenvalue weighted by atomic mass is 79.9. The molecule has 2 heterocycles. The van der Waals surface area contributed by atoms with Crippen LogP contribution >= 0.6 is 15.9 Å². The smallest absolute Gasteiger partial charge is 0.232 e. The van der Waals surface area contributed by atoms with E-state index < -0.39 is 0 Å². The molecule has 7 nitrogen and oxygen atoms in total. The van der Waals surface area contributed by atoms with E-state index in [0.717, 1.165) is 15.6 Å². The number of carbonyl (C=O) groups excluding carboxylic acids is 1. The van der Waals surface area contributed by atoms with Crippen LogP contribution in [0.1, 0.15) is 23.8 Å². The van der Waals surface area contributed by atoms with E-state index in [4.69, 9.17) is 14.0 Å². The highest BCUT2D eigenvalue weighted by molar-refractivity contribution is 9.10. The second kappa shape index (κ2) is 8.24. The summed E-state index contributed by atoms with van der Waals surface area (Å²) < 4.78 is 17.0. The van der Waals surface area contributed by atoms with Crippen LogP contribution in [0.4, 0.5) is 0 Å². The Balaban J connectivity index is 1.47. The normalized spacial score (nSPS) is 16.3. The van der Waals surface area contributed by atoms with Gasteiger partial charge in [0.15, 0.2) is 11.5 Å². The molecule has 2 aromatic carbocycles. The number of ether oxygens (including phenoxy) is 2. The summed E-state index contributed by atoms with van der Waals surface area (Å²) in [5.74, 6) is 2.26. The van der Waals surface area contributed by atoms with Crippen molar-refractivity contribution in [3.63, 3.8) is 0 Å². The van der Waals surface area contributed by atoms with Gasteiger partial charge < -0.3 is 18.9 Å². The number of benzene rings is 2. The van der Waals surface area contributed by atoms with Gasteiger partial charge in [-0.05, 0) is 29.8 Å². The minimum Gasteiger partial charge on any atom is -0.493 e. The number of carbonyl (C=O) groups is 1. The lowest BCUT2D eigenvalue weighted by atomic mass is 10.1. The molecule has 1 aliphatic rings. The monoisotopic (exact) mass is 457 g/mol. The lowest BCUT2D eigenvalue weighted by molar-refractivity contribution is -0.128. The summed E-state index contributed by atoms with van der Waals surface area (Å²) in [6.07, 6.45) is 0.355. The number of methoxy groups -OCH3 is 2. The summed E-state index contributed by atoms with van der Waals surface area (Å²) in [5, 5.41) is 4.08. The molecule has 0 saturated carbocycles. The largest absolute Gasteiger partial charge is 0.493 e. The third-order valence-corrected chi connectivity index (χ3v) is 5.40. The molecular formula is C21H20BrN3O4. The number of likely N-dealkylation sites (tertiary alicyclic amines) is 1. The molecule has 3 aromatic rings. The van der Waals surface area contributed by atoms with Gasteiger partial charge in [-0.1, -0.05) is 39.3 Å². The van der Waals surface area contributed by atoms with E-state index in [1.807, 2.05) is 42.5 Å². The predicted molar refractivity (Wildman–Crippen MR) is 110 cm³/mol. The van der Waals surface area contributed by atoms with Crippen LogP contribution in [0.15, 0.2) is 51.5 Å². The topological polar surface area (TPSA) is 77.7 Å². The molecule has 0 radical (unpaired) electrons. The highest BCUT2D eigenvalue weighted by Crippen LogP contribution is 2.32. The van der Waals surface area contributed by atoms with Crippen LogP contribution in [0.5, 0.6) is 11.5 Å². The van der Waals surface area contributed by atoms with Gasteiger partial charge in [0.1, 0.15) is 0 Å². The van der Waals surface area contributed by atoms with Gasteiger partial charge in [-0.3, -0.25) is 4.79 Å². The van der Waals surface area contributed by atoms with Crippen molar-refractivity contribution in [3.05, 3.63) is 58.4 Å². The summed E-state index contributed by atoms with van der Waals surface area (Å²) in [5.41, 5.74) is 1.83. The van der Waals surface area contributed by atoms with E-state index in [0.29, 0.717) is 42.7 Å². The number of nitrogens with zero attached hydrogens (tertiary/aromatic N) is 3. The summed E-state index contributed by atoms with van der Waals surface area (Å²) in [6.45, 7) is 1.02. The molecule has 0 spiro atoms. The van der Waals surface area contributed by atoms with E-state index in [1.54, 1.807) is 19.1 Å². The predicted octanol–water partition coefficient (Wildman–Crippen LogP) is 4.03. The van der Waals surface area contributed by atoms with Gasteiger partial charge in [-0.2, -0.15) is 4.98 Å². The molecule has 1 amide bonds. The molecule has 1 aliphatic heterocycles. The summed E-state index contributed by atoms with van der Waals surface area (Å²) >= 11 is 3.44. The standard InChI is InChI=1S/C21H20BrN3O4/c1-27-17-7-6-13(8-18(17)28-2)11-25-12-15(10-19(25)26)21-23-20(24-29-21)14-4-3-5-16(22)9-14/h3-9,15H,10-12H2,1-2H3. The van der Waals surface area contributed by atoms with Gasteiger partial charge in [-0.25, -0.2) is 0 Å². The first kappa shape index (κ1) is 19.4. The Morgan fingerprint density at radius 1 is 1.17 bits per heavy atom. The average Bonchev–Trinajstić information content (AvgIpc) is 3.35. The molecule has 4 rings (SSSR count). The van der Waals surface area contributed by atoms with Gasteiger partial charge in [-0.15, -0.1) is 0 Å². The second-order valence-corrected chi connectivity index (χ2v) is 7.75. The number of hydrogen-bond donors (Lipinski definition) is 0. The number of aromatic nitrogens is 2. The van der Waals surface area contributed by atoms with Crippen LogP contribution in [0, 0.1) is 0 Å². The molecule has 150 valence electrons. The molecule has 29 heavy (non-hydrogen) atoms. The SMILES string of the molecule is COc1ccc(CN2CC(c3nc(-c4cccc(Br)c4)no3)CC2=O)cc1OC. The maximum absolute atomic E-state index is 12.5. The van der Waals surface area contributed by atoms with Gasteiger partial charge in [0.25, 0.3) is 0 Å². The van der Waals surface area contributed by atoms with Crippen molar-refractivity contribution in [1.29, 1.82) is 0 Å². The molecule has 0 N–H and O–H groups in total. The van der Waals surface area contributed by atoms with Crippen molar-refractivity contribution < 1.29 is 18.8 Å². The highest BCUT2D eigenvalue weighted by Gasteiger charge is 2.34. The van der Waals surface area contributed by atoms with Crippen molar-refractivity contribution in [3.8, 4) is 22.9 Å². The Hall–Kier alpha value is -2.87. The molecule has 1 atom stereocenters. The van der Waals surface area contributed by atoms with Crippen LogP contribution < -0.4 is 9.47 Å². The average molecular weight is 458 g/mol. The first-order valence-corrected chi connectivity index (χ1v) is 9.95. The maximum Gasteiger partial charge on any atom is 0.232 e. The van der Waals surface area contributed by atoms with E-state index in [-0.39, 0.29) is 11.8 Å². The molecule has 1 aromatic heterocycles. The first-order chi connectivity index (χ1) is 14.1. The van der Waals surface area contributed by atoms with Crippen molar-refractivity contribution in [1.82, 2.24) is 15.0 Å². The van der Waals surface area contributed by atoms with Gasteiger partial charge in [0.05, 0.1) is 20.1 Å². The minimum atomic E-state index is -0.115. The van der Waals surface area contributed by atoms with E-state index in [9.17, 15) is 4.79 Å². The summed E-state index contributed by atoms with van der Waals surface area (Å²) in [6, 6.07) is 13.4. The van der Waals surface area contributed by atoms with Gasteiger partial charge >= 0.3 is 0 Å². The molecule has 1 unspecified atom stereocenters. The minimum absolute atomic E-state index is 0.0620. The fraction of sp³-hybridized carbons (Fsp3) is 0.286. The molecule has 0 aliphatic carbocycles. The Bertz CT molecular complexity index is 1040. The maximum atomic E-state index is 12.5.